The maximum Gasteiger partial charge on any atom is 0.232 e. The summed E-state index contributed by atoms with van der Waals surface area (Å²) < 4.78 is 25.0. The summed E-state index contributed by atoms with van der Waals surface area (Å²) in [5.74, 6) is -0.0479. The van der Waals surface area contributed by atoms with Crippen molar-refractivity contribution in [2.45, 2.75) is 20.3 Å². The van der Waals surface area contributed by atoms with Crippen LogP contribution in [0.2, 0.25) is 0 Å². The number of benzene rings is 1. The van der Waals surface area contributed by atoms with E-state index in [0.717, 1.165) is 0 Å². The molecule has 0 aromatic heterocycles. The van der Waals surface area contributed by atoms with E-state index >= 15 is 0 Å². The Labute approximate surface area is 101 Å². The van der Waals surface area contributed by atoms with E-state index in [1.54, 1.807) is 38.1 Å². The molecular formula is C11H16N2O3S. The topological polar surface area (TPSA) is 75.3 Å². The van der Waals surface area contributed by atoms with Crippen LogP contribution in [0, 0.1) is 0 Å². The van der Waals surface area contributed by atoms with Gasteiger partial charge in [-0.3, -0.25) is 9.52 Å². The fraction of sp³-hybridized carbons (Fsp3) is 0.364. The van der Waals surface area contributed by atoms with Gasteiger partial charge in [0, 0.05) is 17.8 Å². The fourth-order valence-corrected chi connectivity index (χ4v) is 1.76. The molecule has 0 bridgehead atoms. The Hall–Kier alpha value is -1.56. The van der Waals surface area contributed by atoms with Crippen molar-refractivity contribution in [1.29, 1.82) is 0 Å². The smallest absolute Gasteiger partial charge is 0.232 e. The van der Waals surface area contributed by atoms with Crippen LogP contribution in [0.1, 0.15) is 20.3 Å². The summed E-state index contributed by atoms with van der Waals surface area (Å²) in [6.45, 7) is 3.33. The highest BCUT2D eigenvalue weighted by atomic mass is 32.2. The Bertz CT molecular complexity index is 480. The first-order valence-electron chi connectivity index (χ1n) is 5.37. The Kier molecular flexibility index (Phi) is 4.51. The van der Waals surface area contributed by atoms with Crippen molar-refractivity contribution in [2.75, 3.05) is 15.8 Å². The van der Waals surface area contributed by atoms with Crippen LogP contribution in [-0.2, 0) is 14.8 Å². The van der Waals surface area contributed by atoms with Gasteiger partial charge in [-0.25, -0.2) is 8.42 Å². The zero-order chi connectivity index (χ0) is 12.9. The lowest BCUT2D eigenvalue weighted by Crippen LogP contribution is -2.14. The van der Waals surface area contributed by atoms with E-state index in [1.165, 1.54) is 0 Å². The highest BCUT2D eigenvalue weighted by Gasteiger charge is 2.06. The molecule has 0 aliphatic heterocycles. The minimum absolute atomic E-state index is 0.0291. The van der Waals surface area contributed by atoms with E-state index in [9.17, 15) is 13.2 Å². The van der Waals surface area contributed by atoms with E-state index in [4.69, 9.17) is 0 Å². The van der Waals surface area contributed by atoms with Crippen LogP contribution < -0.4 is 10.0 Å². The molecule has 0 radical (unpaired) electrons. The van der Waals surface area contributed by atoms with E-state index in [0.29, 0.717) is 17.8 Å². The van der Waals surface area contributed by atoms with Crippen LogP contribution in [-0.4, -0.2) is 20.1 Å². The Morgan fingerprint density at radius 2 is 1.65 bits per heavy atom. The number of nitrogens with one attached hydrogen (secondary N) is 2. The lowest BCUT2D eigenvalue weighted by molar-refractivity contribution is -0.115. The summed E-state index contributed by atoms with van der Waals surface area (Å²) in [5.41, 5.74) is 1.14. The van der Waals surface area contributed by atoms with Crippen LogP contribution >= 0.6 is 0 Å². The second-order valence-electron chi connectivity index (χ2n) is 3.48. The second-order valence-corrected chi connectivity index (χ2v) is 5.50. The van der Waals surface area contributed by atoms with Crippen molar-refractivity contribution in [2.24, 2.45) is 0 Å². The molecule has 0 heterocycles. The average molecular weight is 256 g/mol. The number of carbonyl (C=O) groups is 1. The van der Waals surface area contributed by atoms with Gasteiger partial charge >= 0.3 is 0 Å². The van der Waals surface area contributed by atoms with Gasteiger partial charge in [-0.05, 0) is 31.2 Å². The Morgan fingerprint density at radius 1 is 1.12 bits per heavy atom. The van der Waals surface area contributed by atoms with Crippen LogP contribution in [0.5, 0.6) is 0 Å². The summed E-state index contributed by atoms with van der Waals surface area (Å²) in [5, 5.41) is 2.68. The number of hydrogen-bond donors (Lipinski definition) is 2. The lowest BCUT2D eigenvalue weighted by Gasteiger charge is -2.07. The van der Waals surface area contributed by atoms with Gasteiger partial charge in [0.2, 0.25) is 15.9 Å². The molecule has 0 unspecified atom stereocenters. The predicted molar refractivity (Wildman–Crippen MR) is 68.4 cm³/mol. The molecule has 6 heteroatoms. The molecule has 1 aromatic rings. The zero-order valence-electron chi connectivity index (χ0n) is 9.86. The molecule has 2 N–H and O–H groups in total. The minimum Gasteiger partial charge on any atom is -0.326 e. The van der Waals surface area contributed by atoms with Gasteiger partial charge in [0.05, 0.1) is 5.75 Å². The molecule has 1 aromatic carbocycles. The third-order valence-corrected chi connectivity index (χ3v) is 3.45. The third kappa shape index (κ3) is 4.44. The van der Waals surface area contributed by atoms with Crippen molar-refractivity contribution in [3.8, 4) is 0 Å². The second kappa shape index (κ2) is 5.67. The van der Waals surface area contributed by atoms with E-state index < -0.39 is 10.0 Å². The Morgan fingerprint density at radius 3 is 2.12 bits per heavy atom. The van der Waals surface area contributed by atoms with Crippen LogP contribution in [0.4, 0.5) is 11.4 Å². The number of amides is 1. The standard InChI is InChI=1S/C11H16N2O3S/c1-3-11(14)12-9-5-7-10(8-6-9)13-17(15,16)4-2/h5-8,13H,3-4H2,1-2H3,(H,12,14). The maximum absolute atomic E-state index is 11.3. The van der Waals surface area contributed by atoms with Gasteiger partial charge in [0.15, 0.2) is 0 Å². The number of rotatable bonds is 5. The highest BCUT2D eigenvalue weighted by Crippen LogP contribution is 2.14. The van der Waals surface area contributed by atoms with Crippen molar-refractivity contribution in [1.82, 2.24) is 0 Å². The molecule has 0 fully saturated rings. The largest absolute Gasteiger partial charge is 0.326 e. The normalized spacial score (nSPS) is 10.9. The molecule has 17 heavy (non-hydrogen) atoms. The van der Waals surface area contributed by atoms with Crippen molar-refractivity contribution in [3.63, 3.8) is 0 Å². The molecule has 0 saturated heterocycles. The van der Waals surface area contributed by atoms with Gasteiger partial charge in [-0.1, -0.05) is 6.92 Å². The molecule has 0 saturated carbocycles. The number of hydrogen-bond acceptors (Lipinski definition) is 3. The van der Waals surface area contributed by atoms with E-state index in [1.807, 2.05) is 0 Å². The molecule has 0 aliphatic carbocycles. The lowest BCUT2D eigenvalue weighted by atomic mass is 10.3. The first-order valence-corrected chi connectivity index (χ1v) is 7.02. The highest BCUT2D eigenvalue weighted by molar-refractivity contribution is 7.92. The quantitative estimate of drug-likeness (QED) is 0.843. The summed E-state index contributed by atoms with van der Waals surface area (Å²) in [4.78, 5) is 11.1. The first-order chi connectivity index (χ1) is 7.96. The molecule has 94 valence electrons. The van der Waals surface area contributed by atoms with Crippen LogP contribution in [0.15, 0.2) is 24.3 Å². The minimum atomic E-state index is -3.25. The summed E-state index contributed by atoms with van der Waals surface area (Å²) in [6.07, 6.45) is 0.407. The monoisotopic (exact) mass is 256 g/mol. The molecule has 1 amide bonds. The fourth-order valence-electron chi connectivity index (χ4n) is 1.12. The molecule has 5 nitrogen and oxygen atoms in total. The zero-order valence-corrected chi connectivity index (χ0v) is 10.7. The predicted octanol–water partition coefficient (Wildman–Crippen LogP) is 1.80. The summed E-state index contributed by atoms with van der Waals surface area (Å²) >= 11 is 0. The molecule has 0 atom stereocenters. The maximum atomic E-state index is 11.3. The molecule has 1 rings (SSSR count). The Balaban J connectivity index is 2.72. The number of anilines is 2. The van der Waals surface area contributed by atoms with Gasteiger partial charge in [-0.2, -0.15) is 0 Å². The molecular weight excluding hydrogens is 240 g/mol. The van der Waals surface area contributed by atoms with Gasteiger partial charge in [-0.15, -0.1) is 0 Å². The SMILES string of the molecule is CCC(=O)Nc1ccc(NS(=O)(=O)CC)cc1. The number of sulfonamides is 1. The van der Waals surface area contributed by atoms with Crippen molar-refractivity contribution in [3.05, 3.63) is 24.3 Å². The molecule has 0 spiro atoms. The first kappa shape index (κ1) is 13.5. The van der Waals surface area contributed by atoms with E-state index in [2.05, 4.69) is 10.0 Å². The van der Waals surface area contributed by atoms with Crippen molar-refractivity contribution >= 4 is 27.3 Å². The summed E-state index contributed by atoms with van der Waals surface area (Å²) in [6, 6.07) is 6.53. The van der Waals surface area contributed by atoms with Crippen LogP contribution in [0.25, 0.3) is 0 Å². The average Bonchev–Trinajstić information content (AvgIpc) is 2.31. The van der Waals surface area contributed by atoms with E-state index in [-0.39, 0.29) is 11.7 Å². The molecule has 0 aliphatic rings. The summed E-state index contributed by atoms with van der Waals surface area (Å²) in [7, 11) is -3.25. The van der Waals surface area contributed by atoms with Gasteiger partial charge < -0.3 is 5.32 Å². The van der Waals surface area contributed by atoms with Gasteiger partial charge in [0.25, 0.3) is 0 Å². The number of carbonyl (C=O) groups excluding carboxylic acids is 1. The van der Waals surface area contributed by atoms with Crippen molar-refractivity contribution < 1.29 is 13.2 Å². The third-order valence-electron chi connectivity index (χ3n) is 2.14. The van der Waals surface area contributed by atoms with Crippen LogP contribution in [0.3, 0.4) is 0 Å². The van der Waals surface area contributed by atoms with Gasteiger partial charge in [0.1, 0.15) is 0 Å².